The van der Waals surface area contributed by atoms with Crippen LogP contribution in [0.2, 0.25) is 0 Å². The first-order valence-electron chi connectivity index (χ1n) is 6.15. The molecule has 22 heavy (non-hydrogen) atoms. The molecule has 0 saturated heterocycles. The van der Waals surface area contributed by atoms with Crippen molar-refractivity contribution in [2.45, 2.75) is 19.1 Å². The summed E-state index contributed by atoms with van der Waals surface area (Å²) in [4.78, 5) is 34.7. The molecule has 9 heteroatoms. The molecule has 0 fully saturated rings. The zero-order valence-corrected chi connectivity index (χ0v) is 11.3. The van der Waals surface area contributed by atoms with Crippen LogP contribution in [0.4, 0.5) is 13.2 Å². The maximum atomic E-state index is 12.7. The number of carbonyl (C=O) groups is 1. The number of aliphatic carboxylic acids is 1. The van der Waals surface area contributed by atoms with Gasteiger partial charge in [-0.15, -0.1) is 0 Å². The van der Waals surface area contributed by atoms with Gasteiger partial charge in [-0.1, -0.05) is 0 Å². The highest BCUT2D eigenvalue weighted by Crippen LogP contribution is 2.30. The van der Waals surface area contributed by atoms with E-state index in [9.17, 15) is 27.6 Å². The van der Waals surface area contributed by atoms with Crippen molar-refractivity contribution in [1.82, 2.24) is 9.13 Å². The number of aromatic nitrogens is 2. The number of halogens is 3. The summed E-state index contributed by atoms with van der Waals surface area (Å²) in [6.45, 7) is -0.349. The van der Waals surface area contributed by atoms with Gasteiger partial charge in [0.15, 0.2) is 0 Å². The molecule has 0 aliphatic rings. The fourth-order valence-corrected chi connectivity index (χ4v) is 2.09. The molecule has 0 radical (unpaired) electrons. The Labute approximate surface area is 121 Å². The summed E-state index contributed by atoms with van der Waals surface area (Å²) in [5.74, 6) is -1.19. The first kappa shape index (κ1) is 15.8. The quantitative estimate of drug-likeness (QED) is 0.922. The Hall–Kier alpha value is -2.58. The second-order valence-corrected chi connectivity index (χ2v) is 4.67. The third-order valence-corrected chi connectivity index (χ3v) is 3.23. The van der Waals surface area contributed by atoms with Crippen molar-refractivity contribution in [1.29, 1.82) is 0 Å². The molecule has 1 N–H and O–H groups in total. The second kappa shape index (κ2) is 5.32. The van der Waals surface area contributed by atoms with Crippen LogP contribution in [-0.2, 0) is 24.6 Å². The van der Waals surface area contributed by atoms with Crippen molar-refractivity contribution in [2.75, 3.05) is 0 Å². The van der Waals surface area contributed by atoms with Crippen LogP contribution in [0.1, 0.15) is 12.0 Å². The van der Waals surface area contributed by atoms with Crippen LogP contribution in [0.15, 0.2) is 27.8 Å². The van der Waals surface area contributed by atoms with Gasteiger partial charge in [0.25, 0.3) is 5.56 Å². The Kier molecular flexibility index (Phi) is 3.82. The van der Waals surface area contributed by atoms with E-state index in [-0.39, 0.29) is 17.4 Å². The van der Waals surface area contributed by atoms with Crippen LogP contribution in [0.3, 0.4) is 0 Å². The molecule has 2 aromatic rings. The molecular weight excluding hydrogens is 305 g/mol. The van der Waals surface area contributed by atoms with Crippen LogP contribution in [-0.4, -0.2) is 20.2 Å². The predicted octanol–water partition coefficient (Wildman–Crippen LogP) is 1.19. The third kappa shape index (κ3) is 2.74. The standard InChI is InChI=1S/C13H11F3N2O4/c1-17-9-6-7(13(14,15)16)2-3-8(9)11(21)18(12(17)22)5-4-10(19)20/h2-3,6H,4-5H2,1H3,(H,19,20). The van der Waals surface area contributed by atoms with E-state index in [0.717, 1.165) is 22.8 Å². The molecular formula is C13H11F3N2O4. The zero-order valence-electron chi connectivity index (χ0n) is 11.3. The van der Waals surface area contributed by atoms with E-state index < -0.39 is 35.4 Å². The van der Waals surface area contributed by atoms with Crippen molar-refractivity contribution in [3.05, 3.63) is 44.6 Å². The SMILES string of the molecule is Cn1c(=O)n(CCC(=O)O)c(=O)c2ccc(C(F)(F)F)cc21. The number of alkyl halides is 3. The van der Waals surface area contributed by atoms with E-state index in [0.29, 0.717) is 4.57 Å². The van der Waals surface area contributed by atoms with Crippen LogP contribution >= 0.6 is 0 Å². The Balaban J connectivity index is 2.73. The number of nitrogens with zero attached hydrogens (tertiary/aromatic N) is 2. The molecule has 0 unspecified atom stereocenters. The van der Waals surface area contributed by atoms with Gasteiger partial charge in [-0.2, -0.15) is 13.2 Å². The predicted molar refractivity (Wildman–Crippen MR) is 70.7 cm³/mol. The first-order valence-corrected chi connectivity index (χ1v) is 6.15. The summed E-state index contributed by atoms with van der Waals surface area (Å²) < 4.78 is 39.7. The van der Waals surface area contributed by atoms with Crippen LogP contribution in [0.5, 0.6) is 0 Å². The van der Waals surface area contributed by atoms with Gasteiger partial charge < -0.3 is 5.11 Å². The van der Waals surface area contributed by atoms with Gasteiger partial charge in [0, 0.05) is 13.6 Å². The summed E-state index contributed by atoms with van der Waals surface area (Å²) in [5, 5.41) is 8.53. The molecule has 0 aliphatic heterocycles. The lowest BCUT2D eigenvalue weighted by molar-refractivity contribution is -0.138. The summed E-state index contributed by atoms with van der Waals surface area (Å²) in [5.41, 5.74) is -2.81. The van der Waals surface area contributed by atoms with E-state index in [1.165, 1.54) is 7.05 Å². The number of benzene rings is 1. The van der Waals surface area contributed by atoms with Gasteiger partial charge in [0.05, 0.1) is 22.9 Å². The normalized spacial score (nSPS) is 11.8. The minimum absolute atomic E-state index is 0.0829. The highest BCUT2D eigenvalue weighted by atomic mass is 19.4. The molecule has 0 spiro atoms. The zero-order chi connectivity index (χ0) is 16.7. The van der Waals surface area contributed by atoms with E-state index in [1.54, 1.807) is 0 Å². The Bertz CT molecular complexity index is 864. The maximum absolute atomic E-state index is 12.7. The van der Waals surface area contributed by atoms with Gasteiger partial charge >= 0.3 is 17.8 Å². The molecule has 0 bridgehead atoms. The largest absolute Gasteiger partial charge is 0.481 e. The smallest absolute Gasteiger partial charge is 0.416 e. The molecule has 1 heterocycles. The molecule has 1 aromatic carbocycles. The number of rotatable bonds is 3. The lowest BCUT2D eigenvalue weighted by atomic mass is 10.1. The highest BCUT2D eigenvalue weighted by Gasteiger charge is 2.31. The number of carboxylic acid groups (broad SMARTS) is 1. The molecule has 0 amide bonds. The van der Waals surface area contributed by atoms with Gasteiger partial charge in [-0.3, -0.25) is 18.7 Å². The molecule has 0 atom stereocenters. The summed E-state index contributed by atoms with van der Waals surface area (Å²) >= 11 is 0. The number of fused-ring (bicyclic) bond motifs is 1. The van der Waals surface area contributed by atoms with Gasteiger partial charge in [0.1, 0.15) is 0 Å². The minimum Gasteiger partial charge on any atom is -0.481 e. The number of hydrogen-bond donors (Lipinski definition) is 1. The van der Waals surface area contributed by atoms with E-state index in [4.69, 9.17) is 5.11 Å². The number of hydrogen-bond acceptors (Lipinski definition) is 3. The molecule has 6 nitrogen and oxygen atoms in total. The summed E-state index contributed by atoms with van der Waals surface area (Å²) in [6.07, 6.45) is -5.04. The lowest BCUT2D eigenvalue weighted by Crippen LogP contribution is -2.39. The average Bonchev–Trinajstić information content (AvgIpc) is 2.43. The minimum atomic E-state index is -4.59. The van der Waals surface area contributed by atoms with Crippen molar-refractivity contribution < 1.29 is 23.1 Å². The summed E-state index contributed by atoms with van der Waals surface area (Å²) in [6, 6.07) is 2.45. The van der Waals surface area contributed by atoms with Crippen molar-refractivity contribution in [2.24, 2.45) is 7.05 Å². The fraction of sp³-hybridized carbons (Fsp3) is 0.308. The van der Waals surface area contributed by atoms with E-state index >= 15 is 0 Å². The Morgan fingerprint density at radius 3 is 2.45 bits per heavy atom. The maximum Gasteiger partial charge on any atom is 0.416 e. The Morgan fingerprint density at radius 2 is 1.91 bits per heavy atom. The fourth-order valence-electron chi connectivity index (χ4n) is 2.09. The molecule has 2 rings (SSSR count). The Morgan fingerprint density at radius 1 is 1.27 bits per heavy atom. The number of carboxylic acids is 1. The topological polar surface area (TPSA) is 81.3 Å². The lowest BCUT2D eigenvalue weighted by Gasteiger charge is -2.12. The van der Waals surface area contributed by atoms with Crippen molar-refractivity contribution >= 4 is 16.9 Å². The molecule has 1 aromatic heterocycles. The van der Waals surface area contributed by atoms with Gasteiger partial charge in [-0.25, -0.2) is 4.79 Å². The highest BCUT2D eigenvalue weighted by molar-refractivity contribution is 5.79. The first-order chi connectivity index (χ1) is 10.1. The van der Waals surface area contributed by atoms with E-state index in [1.807, 2.05) is 0 Å². The third-order valence-electron chi connectivity index (χ3n) is 3.23. The van der Waals surface area contributed by atoms with Crippen LogP contribution in [0.25, 0.3) is 10.9 Å². The monoisotopic (exact) mass is 316 g/mol. The second-order valence-electron chi connectivity index (χ2n) is 4.67. The van der Waals surface area contributed by atoms with Crippen molar-refractivity contribution in [3.63, 3.8) is 0 Å². The van der Waals surface area contributed by atoms with E-state index in [2.05, 4.69) is 0 Å². The molecule has 0 saturated carbocycles. The van der Waals surface area contributed by atoms with Gasteiger partial charge in [-0.05, 0) is 18.2 Å². The number of aryl methyl sites for hydroxylation is 1. The molecule has 0 aliphatic carbocycles. The van der Waals surface area contributed by atoms with Crippen LogP contribution in [0, 0.1) is 0 Å². The van der Waals surface area contributed by atoms with Crippen molar-refractivity contribution in [3.8, 4) is 0 Å². The van der Waals surface area contributed by atoms with Gasteiger partial charge in [0.2, 0.25) is 0 Å². The molecule has 118 valence electrons. The van der Waals surface area contributed by atoms with Crippen LogP contribution < -0.4 is 11.2 Å². The average molecular weight is 316 g/mol. The summed E-state index contributed by atoms with van der Waals surface area (Å²) in [7, 11) is 1.22.